The van der Waals surface area contributed by atoms with Gasteiger partial charge in [0.25, 0.3) is 0 Å². The molecule has 2 fully saturated rings. The molecule has 43 heavy (non-hydrogen) atoms. The Hall–Kier alpha value is -4.35. The monoisotopic (exact) mass is 581 g/mol. The molecular weight excluding hydrogens is 542 g/mol. The summed E-state index contributed by atoms with van der Waals surface area (Å²) in [4.78, 5) is 33.2. The van der Waals surface area contributed by atoms with Crippen molar-refractivity contribution in [1.82, 2.24) is 24.6 Å². The number of amidine groups is 1. The van der Waals surface area contributed by atoms with Crippen LogP contribution in [0.4, 0.5) is 5.69 Å². The van der Waals surface area contributed by atoms with Gasteiger partial charge in [0.1, 0.15) is 18.2 Å². The number of hydrogen-bond acceptors (Lipinski definition) is 10. The molecule has 0 aromatic carbocycles. The number of piperazine rings is 1. The number of likely N-dealkylation sites (N-methyl/N-ethyl adjacent to an activating group) is 1. The maximum atomic E-state index is 12.6. The fourth-order valence-electron chi connectivity index (χ4n) is 6.96. The number of nitrogens with zero attached hydrogens (tertiary/aromatic N) is 9. The fourth-order valence-corrected chi connectivity index (χ4v) is 6.96. The number of carbonyl (C=O) groups excluding carboxylic acids is 1. The van der Waals surface area contributed by atoms with Crippen LogP contribution in [0.1, 0.15) is 42.5 Å². The molecule has 0 saturated carbocycles. The Labute approximate surface area is 253 Å². The second-order valence-corrected chi connectivity index (χ2v) is 11.8. The quantitative estimate of drug-likeness (QED) is 0.448. The molecule has 2 saturated heterocycles. The summed E-state index contributed by atoms with van der Waals surface area (Å²) >= 11 is 0. The van der Waals surface area contributed by atoms with E-state index in [0.717, 1.165) is 73.9 Å². The molecule has 11 heteroatoms. The van der Waals surface area contributed by atoms with Gasteiger partial charge in [0, 0.05) is 57.1 Å². The molecule has 0 unspecified atom stereocenters. The van der Waals surface area contributed by atoms with E-state index >= 15 is 0 Å². The molecule has 0 N–H and O–H groups in total. The molecule has 224 valence electrons. The van der Waals surface area contributed by atoms with Crippen molar-refractivity contribution in [3.05, 3.63) is 53.5 Å². The molecule has 11 nitrogen and oxygen atoms in total. The highest BCUT2D eigenvalue weighted by atomic mass is 16.5. The van der Waals surface area contributed by atoms with E-state index in [1.807, 2.05) is 0 Å². The smallest absolute Gasteiger partial charge is 0.246 e. The SMILES string of the molecule is C=CC(=O)N1CCN(c2c(C#N)c(OC[C@@H]3CCCN3C)nc3c2CCN(C2=CC=CN4CCCN=C24)C3)C[C@@H]1CC#N. The van der Waals surface area contributed by atoms with Crippen molar-refractivity contribution in [2.75, 3.05) is 64.4 Å². The molecule has 0 aliphatic carbocycles. The average Bonchev–Trinajstić information content (AvgIpc) is 3.46. The minimum atomic E-state index is -0.300. The molecule has 1 amide bonds. The number of ether oxygens (including phenoxy) is 1. The lowest BCUT2D eigenvalue weighted by Crippen LogP contribution is -2.55. The number of likely N-dealkylation sites (tertiary alicyclic amines) is 1. The van der Waals surface area contributed by atoms with Crippen molar-refractivity contribution >= 4 is 17.4 Å². The maximum absolute atomic E-state index is 12.6. The van der Waals surface area contributed by atoms with E-state index in [1.165, 1.54) is 6.08 Å². The standard InChI is InChI=1S/C32H39N9O2/c1-3-29(42)41-18-17-40(20-23(41)9-11-33)30-25-10-16-39(28-8-5-14-38-15-6-12-35-31(28)38)21-27(25)36-32(26(30)19-34)43-22-24-7-4-13-37(24)2/h3,5,8,14,23-24H,1,4,6-7,9-10,12-13,15-18,20-22H2,2H3/t23-,24-/m0/s1. The van der Waals surface area contributed by atoms with Crippen LogP contribution in [-0.4, -0.2) is 108 Å². The lowest BCUT2D eigenvalue weighted by atomic mass is 9.96. The Kier molecular flexibility index (Phi) is 8.35. The van der Waals surface area contributed by atoms with Gasteiger partial charge in [-0.1, -0.05) is 6.58 Å². The molecule has 5 aliphatic rings. The van der Waals surface area contributed by atoms with Crippen molar-refractivity contribution in [1.29, 1.82) is 10.5 Å². The van der Waals surface area contributed by atoms with Crippen LogP contribution in [0.5, 0.6) is 5.88 Å². The Morgan fingerprint density at radius 3 is 2.81 bits per heavy atom. The first-order valence-electron chi connectivity index (χ1n) is 15.3. The molecule has 1 aromatic rings. The van der Waals surface area contributed by atoms with E-state index in [2.05, 4.69) is 63.7 Å². The number of carbonyl (C=O) groups is 1. The van der Waals surface area contributed by atoms with Crippen molar-refractivity contribution < 1.29 is 9.53 Å². The summed E-state index contributed by atoms with van der Waals surface area (Å²) in [7, 11) is 2.11. The van der Waals surface area contributed by atoms with Gasteiger partial charge in [-0.3, -0.25) is 9.79 Å². The third-order valence-electron chi connectivity index (χ3n) is 9.25. The molecular formula is C32H39N9O2. The number of allylic oxidation sites excluding steroid dienone is 2. The fraction of sp³-hybridized carbons (Fsp3) is 0.531. The minimum Gasteiger partial charge on any atom is -0.475 e. The van der Waals surface area contributed by atoms with Gasteiger partial charge in [0.05, 0.1) is 42.2 Å². The summed E-state index contributed by atoms with van der Waals surface area (Å²) in [6, 6.07) is 4.67. The van der Waals surface area contributed by atoms with Crippen LogP contribution in [0.2, 0.25) is 0 Å². The first-order chi connectivity index (χ1) is 21.0. The van der Waals surface area contributed by atoms with Crippen molar-refractivity contribution in [2.24, 2.45) is 4.99 Å². The number of rotatable bonds is 7. The molecule has 0 radical (unpaired) electrons. The van der Waals surface area contributed by atoms with E-state index < -0.39 is 0 Å². The number of amides is 1. The second kappa shape index (κ2) is 12.5. The van der Waals surface area contributed by atoms with Crippen LogP contribution in [0.3, 0.4) is 0 Å². The molecule has 0 spiro atoms. The van der Waals surface area contributed by atoms with Crippen LogP contribution in [0, 0.1) is 22.7 Å². The average molecular weight is 582 g/mol. The van der Waals surface area contributed by atoms with Gasteiger partial charge in [-0.15, -0.1) is 0 Å². The van der Waals surface area contributed by atoms with Crippen LogP contribution in [0.15, 0.2) is 41.7 Å². The summed E-state index contributed by atoms with van der Waals surface area (Å²) in [6.45, 7) is 9.74. The summed E-state index contributed by atoms with van der Waals surface area (Å²) in [5.74, 6) is 1.20. The number of hydrogen-bond donors (Lipinski definition) is 0. The maximum Gasteiger partial charge on any atom is 0.246 e. The Bertz CT molecular complexity index is 1450. The third-order valence-corrected chi connectivity index (χ3v) is 9.25. The summed E-state index contributed by atoms with van der Waals surface area (Å²) in [5.41, 5.74) is 4.32. The summed E-state index contributed by atoms with van der Waals surface area (Å²) in [5, 5.41) is 20.1. The molecule has 0 bridgehead atoms. The lowest BCUT2D eigenvalue weighted by molar-refractivity contribution is -0.128. The first-order valence-corrected chi connectivity index (χ1v) is 15.3. The van der Waals surface area contributed by atoms with Crippen LogP contribution in [0.25, 0.3) is 0 Å². The van der Waals surface area contributed by atoms with E-state index in [0.29, 0.717) is 50.7 Å². The summed E-state index contributed by atoms with van der Waals surface area (Å²) in [6.07, 6.45) is 11.8. The van der Waals surface area contributed by atoms with Crippen molar-refractivity contribution in [3.63, 3.8) is 0 Å². The van der Waals surface area contributed by atoms with Gasteiger partial charge >= 0.3 is 0 Å². The normalized spacial score (nSPS) is 23.5. The van der Waals surface area contributed by atoms with Crippen molar-refractivity contribution in [2.45, 2.75) is 50.7 Å². The summed E-state index contributed by atoms with van der Waals surface area (Å²) < 4.78 is 6.39. The Morgan fingerprint density at radius 1 is 1.16 bits per heavy atom. The zero-order valence-electron chi connectivity index (χ0n) is 24.9. The van der Waals surface area contributed by atoms with Crippen LogP contribution < -0.4 is 9.64 Å². The van der Waals surface area contributed by atoms with E-state index in [4.69, 9.17) is 14.7 Å². The zero-order chi connectivity index (χ0) is 29.9. The van der Waals surface area contributed by atoms with Crippen LogP contribution in [-0.2, 0) is 17.8 Å². The van der Waals surface area contributed by atoms with E-state index in [1.54, 1.807) is 4.90 Å². The molecule has 6 heterocycles. The highest BCUT2D eigenvalue weighted by Crippen LogP contribution is 2.39. The largest absolute Gasteiger partial charge is 0.475 e. The predicted molar refractivity (Wildman–Crippen MR) is 163 cm³/mol. The molecule has 5 aliphatic heterocycles. The highest BCUT2D eigenvalue weighted by Gasteiger charge is 2.36. The first kappa shape index (κ1) is 28.8. The lowest BCUT2D eigenvalue weighted by Gasteiger charge is -2.43. The third kappa shape index (κ3) is 5.57. The molecule has 2 atom stereocenters. The number of nitriles is 2. The van der Waals surface area contributed by atoms with Gasteiger partial charge in [-0.25, -0.2) is 4.98 Å². The highest BCUT2D eigenvalue weighted by molar-refractivity contribution is 6.00. The van der Waals surface area contributed by atoms with Gasteiger partial charge < -0.3 is 29.2 Å². The minimum absolute atomic E-state index is 0.174. The van der Waals surface area contributed by atoms with Gasteiger partial charge in [0.15, 0.2) is 5.84 Å². The number of pyridine rings is 1. The zero-order valence-corrected chi connectivity index (χ0v) is 24.9. The van der Waals surface area contributed by atoms with Gasteiger partial charge in [-0.2, -0.15) is 10.5 Å². The van der Waals surface area contributed by atoms with E-state index in [-0.39, 0.29) is 24.4 Å². The van der Waals surface area contributed by atoms with Gasteiger partial charge in [-0.05, 0) is 57.5 Å². The predicted octanol–water partition coefficient (Wildman–Crippen LogP) is 2.42. The molecule has 1 aromatic heterocycles. The Balaban J connectivity index is 1.36. The Morgan fingerprint density at radius 2 is 2.05 bits per heavy atom. The van der Waals surface area contributed by atoms with Crippen molar-refractivity contribution in [3.8, 4) is 18.0 Å². The van der Waals surface area contributed by atoms with Gasteiger partial charge in [0.2, 0.25) is 11.8 Å². The number of fused-ring (bicyclic) bond motifs is 2. The number of aliphatic imine (C=N–C) groups is 1. The molecule has 6 rings (SSSR count). The topological polar surface area (TPSA) is 115 Å². The van der Waals surface area contributed by atoms with Crippen LogP contribution >= 0.6 is 0 Å². The second-order valence-electron chi connectivity index (χ2n) is 11.8. The number of anilines is 1. The number of aromatic nitrogens is 1. The van der Waals surface area contributed by atoms with E-state index in [9.17, 15) is 15.3 Å².